The van der Waals surface area contributed by atoms with Crippen LogP contribution < -0.4 is 9.82 Å². The van der Waals surface area contributed by atoms with Gasteiger partial charge in [0.15, 0.2) is 11.5 Å². The van der Waals surface area contributed by atoms with E-state index in [4.69, 9.17) is 9.26 Å². The van der Waals surface area contributed by atoms with Crippen LogP contribution in [0.4, 0.5) is 0 Å². The summed E-state index contributed by atoms with van der Waals surface area (Å²) in [6.07, 6.45) is 4.24. The van der Waals surface area contributed by atoms with Crippen LogP contribution in [0.1, 0.15) is 30.8 Å². The van der Waals surface area contributed by atoms with Crippen LogP contribution in [0, 0.1) is 6.92 Å². The molecule has 0 amide bonds. The summed E-state index contributed by atoms with van der Waals surface area (Å²) in [4.78, 5) is 8.71. The van der Waals surface area contributed by atoms with E-state index in [-0.39, 0.29) is 23.6 Å². The van der Waals surface area contributed by atoms with Crippen LogP contribution in [0.15, 0.2) is 30.6 Å². The summed E-state index contributed by atoms with van der Waals surface area (Å²) < 4.78 is 24.7. The molecule has 1 fully saturated rings. The molecule has 146 valence electrons. The monoisotopic (exact) mass is 391 g/mol. The van der Waals surface area contributed by atoms with Crippen molar-refractivity contribution < 1.29 is 18.9 Å². The number of benzene rings is 1. The van der Waals surface area contributed by atoms with Gasteiger partial charge in [-0.3, -0.25) is 14.5 Å². The fraction of sp³-hybridized carbons (Fsp3) is 0.474. The van der Waals surface area contributed by atoms with E-state index in [1.54, 1.807) is 24.5 Å². The number of hydrogen-bond donors (Lipinski definition) is 2. The van der Waals surface area contributed by atoms with E-state index in [1.807, 2.05) is 26.8 Å². The molecule has 1 aliphatic heterocycles. The summed E-state index contributed by atoms with van der Waals surface area (Å²) in [5, 5.41) is 13.0. The van der Waals surface area contributed by atoms with Crippen molar-refractivity contribution in [3.05, 3.63) is 47.5 Å². The van der Waals surface area contributed by atoms with E-state index in [9.17, 15) is 9.67 Å². The molecule has 0 radical (unpaired) electrons. The van der Waals surface area contributed by atoms with E-state index < -0.39 is 7.52 Å². The van der Waals surface area contributed by atoms with Gasteiger partial charge in [-0.2, -0.15) is 0 Å². The van der Waals surface area contributed by atoms with Gasteiger partial charge in [0.25, 0.3) is 7.52 Å². The maximum atomic E-state index is 13.6. The molecule has 0 spiro atoms. The first-order valence-corrected chi connectivity index (χ1v) is 10.7. The first-order valence-electron chi connectivity index (χ1n) is 9.00. The van der Waals surface area contributed by atoms with Crippen LogP contribution in [0.25, 0.3) is 0 Å². The fourth-order valence-corrected chi connectivity index (χ4v) is 6.01. The quantitative estimate of drug-likeness (QED) is 0.730. The average molecular weight is 391 g/mol. The van der Waals surface area contributed by atoms with E-state index >= 15 is 0 Å². The lowest BCUT2D eigenvalue weighted by Crippen LogP contribution is -2.27. The molecule has 2 unspecified atom stereocenters. The maximum absolute atomic E-state index is 13.6. The molecule has 3 rings (SSSR count). The summed E-state index contributed by atoms with van der Waals surface area (Å²) in [6, 6.07) is 5.17. The molecule has 2 N–H and O–H groups in total. The summed E-state index contributed by atoms with van der Waals surface area (Å²) in [7, 11) is -1.59. The van der Waals surface area contributed by atoms with E-state index in [0.717, 1.165) is 17.0 Å². The fourth-order valence-electron chi connectivity index (χ4n) is 3.24. The Morgan fingerprint density at radius 1 is 1.33 bits per heavy atom. The Morgan fingerprint density at radius 3 is 2.74 bits per heavy atom. The van der Waals surface area contributed by atoms with Gasteiger partial charge in [0.2, 0.25) is 0 Å². The predicted molar refractivity (Wildman–Crippen MR) is 103 cm³/mol. The summed E-state index contributed by atoms with van der Waals surface area (Å²) in [6.45, 7) is 5.77. The Morgan fingerprint density at radius 2 is 2.11 bits per heavy atom. The van der Waals surface area contributed by atoms with Gasteiger partial charge in [-0.15, -0.1) is 0 Å². The van der Waals surface area contributed by atoms with Crippen LogP contribution in [0.3, 0.4) is 0 Å². The number of methoxy groups -OCH3 is 1. The zero-order valence-corrected chi connectivity index (χ0v) is 16.9. The molecule has 1 aromatic heterocycles. The first-order chi connectivity index (χ1) is 12.8. The van der Waals surface area contributed by atoms with Gasteiger partial charge in [-0.25, -0.2) is 5.09 Å². The number of aromatic hydroxyl groups is 1. The van der Waals surface area contributed by atoms with Crippen molar-refractivity contribution in [2.75, 3.05) is 7.11 Å². The van der Waals surface area contributed by atoms with Crippen LogP contribution in [-0.4, -0.2) is 40.0 Å². The van der Waals surface area contributed by atoms with E-state index in [1.165, 1.54) is 7.11 Å². The van der Waals surface area contributed by atoms with Crippen molar-refractivity contribution >= 4 is 7.52 Å². The second kappa shape index (κ2) is 7.97. The molecule has 2 heterocycles. The summed E-state index contributed by atoms with van der Waals surface area (Å²) >= 11 is 0. The number of hydrogen-bond acceptors (Lipinski definition) is 6. The third kappa shape index (κ3) is 4.49. The Hall–Kier alpha value is -1.95. The maximum Gasteiger partial charge on any atom is 0.274 e. The second-order valence-corrected chi connectivity index (χ2v) is 9.44. The second-order valence-electron chi connectivity index (χ2n) is 7.05. The topological polar surface area (TPSA) is 93.6 Å². The number of phenols is 1. The normalized spacial score (nSPS) is 26.1. The van der Waals surface area contributed by atoms with Crippen LogP contribution in [-0.2, 0) is 21.9 Å². The van der Waals surface area contributed by atoms with Gasteiger partial charge in [0.1, 0.15) is 0 Å². The SMILES string of the molecule is COc1cc(CC(Cc2cncc(C)n2)P2(=O)N[C@@H](C)[C@H](C)O2)ccc1O. The van der Waals surface area contributed by atoms with Crippen molar-refractivity contribution in [1.82, 2.24) is 15.1 Å². The van der Waals surface area contributed by atoms with Gasteiger partial charge in [-0.05, 0) is 44.9 Å². The van der Waals surface area contributed by atoms with Crippen molar-refractivity contribution in [2.45, 2.75) is 51.4 Å². The number of ether oxygens (including phenoxy) is 1. The minimum atomic E-state index is -3.09. The Bertz CT molecular complexity index is 847. The highest BCUT2D eigenvalue weighted by atomic mass is 31.2. The minimum absolute atomic E-state index is 0.0104. The molecule has 1 aromatic carbocycles. The average Bonchev–Trinajstić information content (AvgIpc) is 2.89. The lowest BCUT2D eigenvalue weighted by Gasteiger charge is -2.24. The molecule has 7 nitrogen and oxygen atoms in total. The molecular weight excluding hydrogens is 365 g/mol. The van der Waals surface area contributed by atoms with Crippen molar-refractivity contribution in [2.24, 2.45) is 0 Å². The Labute approximate surface area is 159 Å². The van der Waals surface area contributed by atoms with Crippen molar-refractivity contribution in [3.8, 4) is 11.5 Å². The number of nitrogens with zero attached hydrogens (tertiary/aromatic N) is 2. The smallest absolute Gasteiger partial charge is 0.274 e. The Balaban J connectivity index is 1.91. The number of aromatic nitrogens is 2. The largest absolute Gasteiger partial charge is 0.504 e. The predicted octanol–water partition coefficient (Wildman–Crippen LogP) is 3.24. The van der Waals surface area contributed by atoms with Crippen LogP contribution in [0.2, 0.25) is 0 Å². The van der Waals surface area contributed by atoms with Gasteiger partial charge in [-0.1, -0.05) is 6.07 Å². The van der Waals surface area contributed by atoms with E-state index in [0.29, 0.717) is 18.6 Å². The molecule has 8 heteroatoms. The number of aryl methyl sites for hydroxylation is 1. The number of rotatable bonds is 6. The van der Waals surface area contributed by atoms with Gasteiger partial charge in [0.05, 0.1) is 30.3 Å². The lowest BCUT2D eigenvalue weighted by atomic mass is 10.1. The highest BCUT2D eigenvalue weighted by molar-refractivity contribution is 7.58. The standard InChI is InChI=1S/C19H26N3O4P/c1-12-10-20-11-16(21-12)9-17(27(24)22-13(2)14(3)26-27)7-15-5-6-18(23)19(8-15)25-4/h5-6,8,10-11,13-14,17,23H,7,9H2,1-4H3,(H,22,24)/t13-,14-,17?,27?/m0/s1. The zero-order valence-electron chi connectivity index (χ0n) is 16.0. The Kier molecular flexibility index (Phi) is 5.84. The molecule has 0 bridgehead atoms. The van der Waals surface area contributed by atoms with Crippen molar-refractivity contribution in [3.63, 3.8) is 0 Å². The van der Waals surface area contributed by atoms with E-state index in [2.05, 4.69) is 15.1 Å². The third-order valence-electron chi connectivity index (χ3n) is 4.86. The number of phenolic OH excluding ortho intramolecular Hbond substituents is 1. The molecule has 1 saturated heterocycles. The summed E-state index contributed by atoms with van der Waals surface area (Å²) in [5.41, 5.74) is 2.19. The molecule has 0 saturated carbocycles. The summed E-state index contributed by atoms with van der Waals surface area (Å²) in [5.74, 6) is 0.466. The zero-order chi connectivity index (χ0) is 19.6. The van der Waals surface area contributed by atoms with Gasteiger partial charge in [0, 0.05) is 24.9 Å². The highest BCUT2D eigenvalue weighted by Crippen LogP contribution is 2.56. The van der Waals surface area contributed by atoms with Gasteiger partial charge >= 0.3 is 0 Å². The molecule has 0 aliphatic carbocycles. The molecule has 1 aliphatic rings. The lowest BCUT2D eigenvalue weighted by molar-refractivity contribution is 0.235. The molecule has 2 aromatic rings. The minimum Gasteiger partial charge on any atom is -0.504 e. The molecule has 4 atom stereocenters. The van der Waals surface area contributed by atoms with Crippen LogP contribution >= 0.6 is 7.52 Å². The highest BCUT2D eigenvalue weighted by Gasteiger charge is 2.44. The molecular formula is C19H26N3O4P. The van der Waals surface area contributed by atoms with Crippen molar-refractivity contribution in [1.29, 1.82) is 0 Å². The van der Waals surface area contributed by atoms with Crippen LogP contribution in [0.5, 0.6) is 11.5 Å². The van der Waals surface area contributed by atoms with Gasteiger partial charge < -0.3 is 14.4 Å². The first kappa shape index (κ1) is 19.8. The molecule has 27 heavy (non-hydrogen) atoms. The number of nitrogens with one attached hydrogen (secondary N) is 1. The third-order valence-corrected chi connectivity index (χ3v) is 7.60.